The van der Waals surface area contributed by atoms with Crippen molar-refractivity contribution in [2.45, 2.75) is 263 Å². The molecule has 4 aliphatic carbocycles. The van der Waals surface area contributed by atoms with Crippen molar-refractivity contribution < 1.29 is 144 Å². The Morgan fingerprint density at radius 3 is 1.42 bits per heavy atom. The maximum Gasteiger partial charge on any atom is 0.187 e. The molecule has 11 aliphatic rings. The normalized spacial score (nSPS) is 57.5. The quantitative estimate of drug-likeness (QED) is 0.0679. The van der Waals surface area contributed by atoms with Crippen molar-refractivity contribution in [1.82, 2.24) is 0 Å². The van der Waals surface area contributed by atoms with Gasteiger partial charge in [0.15, 0.2) is 37.2 Å². The lowest BCUT2D eigenvalue weighted by molar-refractivity contribution is -0.411. The van der Waals surface area contributed by atoms with E-state index in [0.29, 0.717) is 49.0 Å². The Labute approximate surface area is 497 Å². The Morgan fingerprint density at radius 2 is 0.895 bits per heavy atom. The molecule has 10 unspecified atom stereocenters. The van der Waals surface area contributed by atoms with Gasteiger partial charge in [-0.3, -0.25) is 0 Å². The fourth-order valence-corrected chi connectivity index (χ4v) is 17.7. The molecule has 4 saturated carbocycles. The molecule has 0 aromatic rings. The summed E-state index contributed by atoms with van der Waals surface area (Å²) in [5, 5.41) is 187. The van der Waals surface area contributed by atoms with Crippen LogP contribution in [0.25, 0.3) is 0 Å². The smallest absolute Gasteiger partial charge is 0.187 e. The number of rotatable bonds is 15. The highest BCUT2D eigenvalue weighted by atomic mass is 16.8. The van der Waals surface area contributed by atoms with Gasteiger partial charge in [0.1, 0.15) is 122 Å². The fourth-order valence-electron chi connectivity index (χ4n) is 17.7. The molecule has 17 N–H and O–H groups in total. The van der Waals surface area contributed by atoms with Gasteiger partial charge in [-0.1, -0.05) is 27.7 Å². The van der Waals surface area contributed by atoms with Crippen molar-refractivity contribution in [1.29, 1.82) is 0 Å². The Balaban J connectivity index is 0.820. The van der Waals surface area contributed by atoms with E-state index in [9.17, 15) is 86.8 Å². The molecule has 38 atom stereocenters. The Kier molecular flexibility index (Phi) is 20.0. The Morgan fingerprint density at radius 1 is 0.430 bits per heavy atom. The van der Waals surface area contributed by atoms with Crippen LogP contribution in [0.3, 0.4) is 0 Å². The van der Waals surface area contributed by atoms with Gasteiger partial charge in [-0.25, -0.2) is 0 Å². The molecule has 11 fully saturated rings. The van der Waals surface area contributed by atoms with Crippen molar-refractivity contribution in [3.05, 3.63) is 0 Å². The highest BCUT2D eigenvalue weighted by Crippen LogP contribution is 2.71. The van der Waals surface area contributed by atoms with E-state index in [1.807, 2.05) is 0 Å². The lowest BCUT2D eigenvalue weighted by Gasteiger charge is -2.62. The number of hydrogen-bond acceptors (Lipinski definition) is 29. The Bertz CT molecular complexity index is 2230. The van der Waals surface area contributed by atoms with Crippen molar-refractivity contribution in [3.8, 4) is 0 Å². The van der Waals surface area contributed by atoms with Gasteiger partial charge in [0, 0.05) is 12.3 Å². The zero-order valence-electron chi connectivity index (χ0n) is 48.8. The maximum absolute atomic E-state index is 12.3. The summed E-state index contributed by atoms with van der Waals surface area (Å²) in [6, 6.07) is 0. The molecule has 29 nitrogen and oxygen atoms in total. The zero-order valence-corrected chi connectivity index (χ0v) is 48.8. The molecule has 0 aromatic heterocycles. The third-order valence-corrected chi connectivity index (χ3v) is 22.5. The minimum atomic E-state index is -2.22. The van der Waals surface area contributed by atoms with Crippen LogP contribution in [0.5, 0.6) is 0 Å². The molecule has 86 heavy (non-hydrogen) atoms. The van der Waals surface area contributed by atoms with Crippen LogP contribution in [-0.2, 0) is 56.8 Å². The average Bonchev–Trinajstić information content (AvgIpc) is 1.49. The zero-order chi connectivity index (χ0) is 61.8. The van der Waals surface area contributed by atoms with Crippen LogP contribution in [0.1, 0.15) is 85.5 Å². The van der Waals surface area contributed by atoms with Crippen LogP contribution < -0.4 is 0 Å². The number of ether oxygens (including phenoxy) is 12. The first-order valence-electron chi connectivity index (χ1n) is 30.9. The molecule has 0 bridgehead atoms. The van der Waals surface area contributed by atoms with Crippen LogP contribution in [0.15, 0.2) is 0 Å². The van der Waals surface area contributed by atoms with Gasteiger partial charge >= 0.3 is 0 Å². The highest BCUT2D eigenvalue weighted by Gasteiger charge is 2.70. The van der Waals surface area contributed by atoms with Crippen LogP contribution in [-0.4, -0.2) is 304 Å². The van der Waals surface area contributed by atoms with Gasteiger partial charge in [-0.15, -0.1) is 0 Å². The molecular formula is C57H94O29. The molecule has 496 valence electrons. The van der Waals surface area contributed by atoms with Crippen LogP contribution in [0, 0.1) is 52.3 Å². The molecular weight excluding hydrogens is 1150 g/mol. The lowest BCUT2D eigenvalue weighted by atomic mass is 9.44. The van der Waals surface area contributed by atoms with Gasteiger partial charge in [0.05, 0.1) is 58.0 Å². The SMILES string of the molecule is CC1CC[C@@]2(OC1)OC1C[C@H]3[C@@H]4CCC5C[C@@H](OC6O[C@H](CO)[C@H](O)[C@H](OC7O[C@H](CO)[C@@H](O)[C@H](OC8O[C@H](CO)[C@@H](O)[C@H](OC9O[C@H](CO)[C@@H](O)[C@H](O)[C@H]9O)[C@H]8O)[C@H]7OC7O[C@H](CO)[C@@H](O)[C@H](O)[C@H]7O)[C@H]6O)[C@H](O)C[C@]5(C)[C@H]4CC[C@]3(C)C1C2C. The summed E-state index contributed by atoms with van der Waals surface area (Å²) in [5.41, 5.74) is -0.191. The molecule has 7 aliphatic heterocycles. The molecule has 29 heteroatoms. The number of aliphatic hydroxyl groups excluding tert-OH is 17. The summed E-state index contributed by atoms with van der Waals surface area (Å²) >= 11 is 0. The molecule has 11 rings (SSSR count). The maximum atomic E-state index is 12.3. The molecule has 7 heterocycles. The van der Waals surface area contributed by atoms with Crippen molar-refractivity contribution >= 4 is 0 Å². The molecule has 0 radical (unpaired) electrons. The van der Waals surface area contributed by atoms with Crippen LogP contribution in [0.2, 0.25) is 0 Å². The summed E-state index contributed by atoms with van der Waals surface area (Å²) in [4.78, 5) is 0. The largest absolute Gasteiger partial charge is 0.394 e. The highest BCUT2D eigenvalue weighted by molar-refractivity contribution is 5.16. The van der Waals surface area contributed by atoms with Gasteiger partial charge in [-0.05, 0) is 97.7 Å². The van der Waals surface area contributed by atoms with Crippen molar-refractivity contribution in [3.63, 3.8) is 0 Å². The minimum Gasteiger partial charge on any atom is -0.394 e. The van der Waals surface area contributed by atoms with E-state index < -0.39 is 205 Å². The standard InChI is InChI=1S/C57H94O29/c1-20-7-10-57(75-19-20)21(2)34-28(86-57)12-25-23-6-5-22-11-27(26(63)13-56(22,4)24(23)8-9-55(25,34)3)76-52-44(73)47(38(67)31(16-60)79-52)83-54-49(85-51-43(72)41(70)36(65)30(15-59)78-51)48(39(68)33(18-62)81-54)84-53-45(74)46(37(66)32(17-61)80-53)82-50-42(71)40(69)35(64)29(14-58)77-50/h20-54,58-74H,5-19H2,1-4H3/t20?,21?,22?,23-,24+,25+,26-,27-,28?,29-,30-,31-,32-,33-,34?,35-,36-,37-,38+,39-,40+,41+,42-,43-,44-,45-,46+,47+,48+,49-,50?,51?,52?,53?,54?,55+,56+,57-/m1/s1. The average molecular weight is 1240 g/mol. The van der Waals surface area contributed by atoms with Crippen LogP contribution in [0.4, 0.5) is 0 Å². The van der Waals surface area contributed by atoms with E-state index in [0.717, 1.165) is 44.9 Å². The number of hydrogen-bond donors (Lipinski definition) is 17. The van der Waals surface area contributed by atoms with E-state index in [-0.39, 0.29) is 28.8 Å². The van der Waals surface area contributed by atoms with E-state index in [2.05, 4.69) is 27.7 Å². The molecule has 0 amide bonds. The third kappa shape index (κ3) is 11.5. The topological polar surface area (TPSA) is 455 Å². The first kappa shape index (κ1) is 66.3. The summed E-state index contributed by atoms with van der Waals surface area (Å²) in [6.07, 6.45) is -42.6. The second-order valence-corrected chi connectivity index (χ2v) is 27.3. The van der Waals surface area contributed by atoms with Gasteiger partial charge < -0.3 is 144 Å². The summed E-state index contributed by atoms with van der Waals surface area (Å²) in [7, 11) is 0. The van der Waals surface area contributed by atoms with E-state index in [4.69, 9.17) is 56.8 Å². The molecule has 7 saturated heterocycles. The second kappa shape index (κ2) is 26.0. The summed E-state index contributed by atoms with van der Waals surface area (Å²) < 4.78 is 73.3. The van der Waals surface area contributed by atoms with E-state index in [1.54, 1.807) is 0 Å². The first-order valence-corrected chi connectivity index (χ1v) is 30.9. The number of fused-ring (bicyclic) bond motifs is 7. The first-order chi connectivity index (χ1) is 40.9. The predicted octanol–water partition coefficient (Wildman–Crippen LogP) is -6.11. The lowest BCUT2D eigenvalue weighted by Crippen LogP contribution is -2.69. The fraction of sp³-hybridized carbons (Fsp3) is 1.00. The molecule has 1 spiro atoms. The van der Waals surface area contributed by atoms with Crippen LogP contribution >= 0.6 is 0 Å². The monoisotopic (exact) mass is 1240 g/mol. The predicted molar refractivity (Wildman–Crippen MR) is 282 cm³/mol. The van der Waals surface area contributed by atoms with E-state index >= 15 is 0 Å². The third-order valence-electron chi connectivity index (χ3n) is 22.5. The minimum absolute atomic E-state index is 0.0775. The van der Waals surface area contributed by atoms with E-state index in [1.165, 1.54) is 0 Å². The summed E-state index contributed by atoms with van der Waals surface area (Å²) in [6.45, 7) is 5.28. The van der Waals surface area contributed by atoms with Gasteiger partial charge in [0.2, 0.25) is 0 Å². The van der Waals surface area contributed by atoms with Crippen molar-refractivity contribution in [2.24, 2.45) is 52.3 Å². The van der Waals surface area contributed by atoms with Crippen molar-refractivity contribution in [2.75, 3.05) is 39.6 Å². The molecule has 0 aromatic carbocycles. The second-order valence-electron chi connectivity index (χ2n) is 27.3. The van der Waals surface area contributed by atoms with Gasteiger partial charge in [-0.2, -0.15) is 0 Å². The number of aliphatic hydroxyl groups is 17. The summed E-state index contributed by atoms with van der Waals surface area (Å²) in [5.74, 6) is 1.91. The Hall–Kier alpha value is -1.16. The van der Waals surface area contributed by atoms with Gasteiger partial charge in [0.25, 0.3) is 0 Å².